The van der Waals surface area contributed by atoms with E-state index in [2.05, 4.69) is 17.6 Å². The first-order valence-electron chi connectivity index (χ1n) is 7.35. The normalized spacial score (nSPS) is 30.1. The minimum Gasteiger partial charge on any atom is -0.368 e. The number of piperidine rings is 1. The Kier molecular flexibility index (Phi) is 5.45. The van der Waals surface area contributed by atoms with Gasteiger partial charge in [0.25, 0.3) is 0 Å². The predicted molar refractivity (Wildman–Crippen MR) is 71.4 cm³/mol. The molecule has 4 heteroatoms. The molecule has 0 spiro atoms. The predicted octanol–water partition coefficient (Wildman–Crippen LogP) is 1.45. The van der Waals surface area contributed by atoms with Gasteiger partial charge in [-0.25, -0.2) is 0 Å². The molecule has 0 aromatic rings. The summed E-state index contributed by atoms with van der Waals surface area (Å²) in [6.07, 6.45) is 7.03. The molecule has 0 bridgehead atoms. The van der Waals surface area contributed by atoms with Gasteiger partial charge in [0, 0.05) is 6.04 Å². The van der Waals surface area contributed by atoms with Gasteiger partial charge in [0.05, 0.1) is 6.10 Å². The van der Waals surface area contributed by atoms with Gasteiger partial charge in [0.2, 0.25) is 5.91 Å². The maximum absolute atomic E-state index is 11.8. The largest absolute Gasteiger partial charge is 0.368 e. The Bertz CT molecular complexity index is 257. The van der Waals surface area contributed by atoms with Crippen molar-refractivity contribution in [3.05, 3.63) is 0 Å². The van der Waals surface area contributed by atoms with E-state index >= 15 is 0 Å². The Balaban J connectivity index is 1.59. The summed E-state index contributed by atoms with van der Waals surface area (Å²) in [4.78, 5) is 11.8. The van der Waals surface area contributed by atoms with Gasteiger partial charge in [-0.2, -0.15) is 0 Å². The molecular formula is C14H26N2O2. The average Bonchev–Trinajstić information content (AvgIpc) is 2.40. The standard InChI is InChI=1S/C14H26N2O2/c1-11-2-4-12(5-3-11)16-14(17)10-18-13-6-8-15-9-7-13/h11-13,15H,2-10H2,1H3,(H,16,17). The summed E-state index contributed by atoms with van der Waals surface area (Å²) in [5.74, 6) is 0.886. The molecule has 1 heterocycles. The lowest BCUT2D eigenvalue weighted by Crippen LogP contribution is -2.41. The van der Waals surface area contributed by atoms with E-state index in [1.807, 2.05) is 0 Å². The van der Waals surface area contributed by atoms with Crippen LogP contribution in [0.2, 0.25) is 0 Å². The lowest BCUT2D eigenvalue weighted by atomic mass is 9.87. The van der Waals surface area contributed by atoms with E-state index in [9.17, 15) is 4.79 Å². The van der Waals surface area contributed by atoms with Crippen LogP contribution in [0, 0.1) is 5.92 Å². The fourth-order valence-electron chi connectivity index (χ4n) is 2.83. The zero-order chi connectivity index (χ0) is 12.8. The molecule has 1 saturated carbocycles. The molecule has 1 aliphatic heterocycles. The Hall–Kier alpha value is -0.610. The number of ether oxygens (including phenoxy) is 1. The number of carbonyl (C=O) groups is 1. The molecule has 1 saturated heterocycles. The third-order valence-electron chi connectivity index (χ3n) is 4.12. The third-order valence-corrected chi connectivity index (χ3v) is 4.12. The lowest BCUT2D eigenvalue weighted by Gasteiger charge is -2.27. The summed E-state index contributed by atoms with van der Waals surface area (Å²) in [5.41, 5.74) is 0. The van der Waals surface area contributed by atoms with E-state index in [1.54, 1.807) is 0 Å². The molecule has 1 aliphatic carbocycles. The van der Waals surface area contributed by atoms with Gasteiger partial charge in [-0.3, -0.25) is 4.79 Å². The Morgan fingerprint density at radius 1 is 1.17 bits per heavy atom. The first kappa shape index (κ1) is 13.8. The Labute approximate surface area is 110 Å². The maximum Gasteiger partial charge on any atom is 0.246 e. The molecule has 18 heavy (non-hydrogen) atoms. The number of carbonyl (C=O) groups excluding carboxylic acids is 1. The van der Waals surface area contributed by atoms with Gasteiger partial charge >= 0.3 is 0 Å². The van der Waals surface area contributed by atoms with Crippen LogP contribution in [-0.4, -0.2) is 37.7 Å². The van der Waals surface area contributed by atoms with E-state index in [-0.39, 0.29) is 18.6 Å². The molecule has 104 valence electrons. The summed E-state index contributed by atoms with van der Waals surface area (Å²) >= 11 is 0. The SMILES string of the molecule is CC1CCC(NC(=O)COC2CCNCC2)CC1. The van der Waals surface area contributed by atoms with Crippen molar-refractivity contribution < 1.29 is 9.53 Å². The fourth-order valence-corrected chi connectivity index (χ4v) is 2.83. The summed E-state index contributed by atoms with van der Waals surface area (Å²) in [6, 6.07) is 0.380. The molecular weight excluding hydrogens is 228 g/mol. The molecule has 0 aromatic carbocycles. The molecule has 0 unspecified atom stereocenters. The van der Waals surface area contributed by atoms with Crippen molar-refractivity contribution in [3.8, 4) is 0 Å². The summed E-state index contributed by atoms with van der Waals surface area (Å²) in [6.45, 7) is 4.54. The minimum absolute atomic E-state index is 0.0630. The van der Waals surface area contributed by atoms with Crippen molar-refractivity contribution in [3.63, 3.8) is 0 Å². The second-order valence-corrected chi connectivity index (χ2v) is 5.78. The highest BCUT2D eigenvalue weighted by Gasteiger charge is 2.20. The second-order valence-electron chi connectivity index (χ2n) is 5.78. The lowest BCUT2D eigenvalue weighted by molar-refractivity contribution is -0.129. The summed E-state index contributed by atoms with van der Waals surface area (Å²) in [7, 11) is 0. The van der Waals surface area contributed by atoms with E-state index in [0.29, 0.717) is 6.04 Å². The van der Waals surface area contributed by atoms with Gasteiger partial charge in [0.1, 0.15) is 6.61 Å². The summed E-state index contributed by atoms with van der Waals surface area (Å²) < 4.78 is 5.66. The second kappa shape index (κ2) is 7.10. The highest BCUT2D eigenvalue weighted by Crippen LogP contribution is 2.23. The number of rotatable bonds is 4. The van der Waals surface area contributed by atoms with Gasteiger partial charge in [-0.1, -0.05) is 6.92 Å². The first-order chi connectivity index (χ1) is 8.74. The van der Waals surface area contributed by atoms with Crippen LogP contribution in [0.3, 0.4) is 0 Å². The number of hydrogen-bond acceptors (Lipinski definition) is 3. The van der Waals surface area contributed by atoms with E-state index in [4.69, 9.17) is 4.74 Å². The van der Waals surface area contributed by atoms with Gasteiger partial charge in [0.15, 0.2) is 0 Å². The molecule has 0 atom stereocenters. The van der Waals surface area contributed by atoms with Gasteiger partial charge in [-0.15, -0.1) is 0 Å². The zero-order valence-corrected chi connectivity index (χ0v) is 11.4. The van der Waals surface area contributed by atoms with Crippen molar-refractivity contribution in [2.45, 2.75) is 57.6 Å². The molecule has 1 amide bonds. The van der Waals surface area contributed by atoms with Crippen molar-refractivity contribution >= 4 is 5.91 Å². The quantitative estimate of drug-likeness (QED) is 0.798. The van der Waals surface area contributed by atoms with Crippen molar-refractivity contribution in [2.24, 2.45) is 5.92 Å². The van der Waals surface area contributed by atoms with Crippen LogP contribution in [0.4, 0.5) is 0 Å². The fraction of sp³-hybridized carbons (Fsp3) is 0.929. The molecule has 0 aromatic heterocycles. The molecule has 4 nitrogen and oxygen atoms in total. The van der Waals surface area contributed by atoms with Gasteiger partial charge < -0.3 is 15.4 Å². The number of amides is 1. The van der Waals surface area contributed by atoms with Crippen LogP contribution in [-0.2, 0) is 9.53 Å². The highest BCUT2D eigenvalue weighted by molar-refractivity contribution is 5.77. The van der Waals surface area contributed by atoms with Crippen LogP contribution < -0.4 is 10.6 Å². The van der Waals surface area contributed by atoms with Crippen LogP contribution >= 0.6 is 0 Å². The van der Waals surface area contributed by atoms with Crippen molar-refractivity contribution in [1.29, 1.82) is 0 Å². The van der Waals surface area contributed by atoms with E-state index in [1.165, 1.54) is 12.8 Å². The van der Waals surface area contributed by atoms with Crippen molar-refractivity contribution in [1.82, 2.24) is 10.6 Å². The smallest absolute Gasteiger partial charge is 0.246 e. The van der Waals surface area contributed by atoms with Crippen LogP contribution in [0.1, 0.15) is 45.4 Å². The Morgan fingerprint density at radius 3 is 2.50 bits per heavy atom. The monoisotopic (exact) mass is 254 g/mol. The Morgan fingerprint density at radius 2 is 1.83 bits per heavy atom. The maximum atomic E-state index is 11.8. The zero-order valence-electron chi connectivity index (χ0n) is 11.4. The van der Waals surface area contributed by atoms with Gasteiger partial charge in [-0.05, 0) is 57.5 Å². The molecule has 2 rings (SSSR count). The number of nitrogens with one attached hydrogen (secondary N) is 2. The van der Waals surface area contributed by atoms with Crippen LogP contribution in [0.25, 0.3) is 0 Å². The van der Waals surface area contributed by atoms with Crippen LogP contribution in [0.15, 0.2) is 0 Å². The molecule has 0 radical (unpaired) electrons. The van der Waals surface area contributed by atoms with E-state index in [0.717, 1.165) is 44.7 Å². The third kappa shape index (κ3) is 4.58. The molecule has 2 aliphatic rings. The highest BCUT2D eigenvalue weighted by atomic mass is 16.5. The van der Waals surface area contributed by atoms with Crippen LogP contribution in [0.5, 0.6) is 0 Å². The minimum atomic E-state index is 0.0630. The first-order valence-corrected chi connectivity index (χ1v) is 7.35. The summed E-state index contributed by atoms with van der Waals surface area (Å²) in [5, 5.41) is 6.39. The topological polar surface area (TPSA) is 50.4 Å². The number of hydrogen-bond donors (Lipinski definition) is 2. The molecule has 2 fully saturated rings. The van der Waals surface area contributed by atoms with Crippen molar-refractivity contribution in [2.75, 3.05) is 19.7 Å². The van der Waals surface area contributed by atoms with E-state index < -0.39 is 0 Å². The average molecular weight is 254 g/mol. The molecule has 2 N–H and O–H groups in total.